The Morgan fingerprint density at radius 1 is 1.06 bits per heavy atom. The predicted molar refractivity (Wildman–Crippen MR) is 126 cm³/mol. The van der Waals surface area contributed by atoms with E-state index in [-0.39, 0.29) is 23.0 Å². The summed E-state index contributed by atoms with van der Waals surface area (Å²) < 4.78 is 43.3. The van der Waals surface area contributed by atoms with Crippen molar-refractivity contribution < 1.29 is 22.1 Å². The molecular weight excluding hydrogens is 424 g/mol. The third-order valence-corrected chi connectivity index (χ3v) is 7.33. The maximum Gasteiger partial charge on any atom is 0.297 e. The van der Waals surface area contributed by atoms with Crippen LogP contribution in [0.4, 0.5) is 0 Å². The topological polar surface area (TPSA) is 61.8 Å². The lowest BCUT2D eigenvalue weighted by Crippen LogP contribution is -2.41. The van der Waals surface area contributed by atoms with Gasteiger partial charge < -0.3 is 9.47 Å². The van der Waals surface area contributed by atoms with Crippen LogP contribution in [0.25, 0.3) is 0 Å². The summed E-state index contributed by atoms with van der Waals surface area (Å²) in [7, 11) is -3.87. The molecule has 32 heavy (non-hydrogen) atoms. The van der Waals surface area contributed by atoms with Gasteiger partial charge in [0.1, 0.15) is 6.10 Å². The zero-order chi connectivity index (χ0) is 23.4. The summed E-state index contributed by atoms with van der Waals surface area (Å²) in [5, 5.41) is 0. The van der Waals surface area contributed by atoms with E-state index in [4.69, 9.17) is 13.7 Å². The fourth-order valence-electron chi connectivity index (χ4n) is 4.14. The lowest BCUT2D eigenvalue weighted by atomic mass is 9.84. The van der Waals surface area contributed by atoms with Crippen molar-refractivity contribution in [2.75, 3.05) is 13.2 Å². The van der Waals surface area contributed by atoms with Gasteiger partial charge in [0.15, 0.2) is 0 Å². The molecule has 0 radical (unpaired) electrons. The molecular formula is C26H34O5S. The average Bonchev–Trinajstić information content (AvgIpc) is 2.72. The van der Waals surface area contributed by atoms with Gasteiger partial charge in [0.2, 0.25) is 0 Å². The van der Waals surface area contributed by atoms with E-state index in [0.717, 1.165) is 17.5 Å². The van der Waals surface area contributed by atoms with Gasteiger partial charge in [-0.3, -0.25) is 4.18 Å². The van der Waals surface area contributed by atoms with Crippen molar-refractivity contribution in [3.63, 3.8) is 0 Å². The van der Waals surface area contributed by atoms with Crippen LogP contribution >= 0.6 is 0 Å². The summed E-state index contributed by atoms with van der Waals surface area (Å²) in [6.07, 6.45) is 4.14. The summed E-state index contributed by atoms with van der Waals surface area (Å²) in [4.78, 5) is 0.245. The SMILES string of the molecule is Cc1cc(C)c(S(=O)(=O)OC[C@@H]2C=CC[C@H](C(C)(C)COCc3ccccc3)O2)c(C)c1. The average molecular weight is 459 g/mol. The second kappa shape index (κ2) is 10.3. The predicted octanol–water partition coefficient (Wildman–Crippen LogP) is 5.27. The van der Waals surface area contributed by atoms with Gasteiger partial charge in [-0.05, 0) is 43.9 Å². The first-order chi connectivity index (χ1) is 15.1. The van der Waals surface area contributed by atoms with E-state index in [1.54, 1.807) is 13.8 Å². The van der Waals surface area contributed by atoms with Gasteiger partial charge in [-0.25, -0.2) is 0 Å². The first-order valence-electron chi connectivity index (χ1n) is 11.0. The van der Waals surface area contributed by atoms with Gasteiger partial charge in [0, 0.05) is 5.41 Å². The molecule has 0 unspecified atom stereocenters. The number of hydrogen-bond donors (Lipinski definition) is 0. The highest BCUT2D eigenvalue weighted by Gasteiger charge is 2.34. The standard InChI is InChI=1S/C26H34O5S/c1-19-14-20(2)25(21(3)15-19)32(27,28)30-17-23-12-9-13-24(31-23)26(4,5)18-29-16-22-10-7-6-8-11-22/h6-12,14-15,23-24H,13,16-18H2,1-5H3/t23-,24+/m0/s1. The maximum atomic E-state index is 12.9. The number of ether oxygens (including phenoxy) is 2. The Morgan fingerprint density at radius 2 is 1.72 bits per heavy atom. The molecule has 0 bridgehead atoms. The van der Waals surface area contributed by atoms with E-state index in [0.29, 0.717) is 24.3 Å². The molecule has 0 fully saturated rings. The van der Waals surface area contributed by atoms with E-state index in [1.165, 1.54) is 0 Å². The van der Waals surface area contributed by atoms with Gasteiger partial charge in [0.05, 0.1) is 30.8 Å². The van der Waals surface area contributed by atoms with Crippen LogP contribution in [0, 0.1) is 26.2 Å². The van der Waals surface area contributed by atoms with Crippen LogP contribution in [0.5, 0.6) is 0 Å². The number of benzene rings is 2. The summed E-state index contributed by atoms with van der Waals surface area (Å²) in [6.45, 7) is 10.8. The molecule has 1 aliphatic heterocycles. The quantitative estimate of drug-likeness (QED) is 0.378. The molecule has 0 amide bonds. The molecule has 6 heteroatoms. The molecule has 1 aliphatic rings. The highest BCUT2D eigenvalue weighted by molar-refractivity contribution is 7.86. The molecule has 0 aliphatic carbocycles. The van der Waals surface area contributed by atoms with Crippen LogP contribution in [0.3, 0.4) is 0 Å². The molecule has 0 N–H and O–H groups in total. The first kappa shape index (κ1) is 24.6. The zero-order valence-corrected chi connectivity index (χ0v) is 20.4. The van der Waals surface area contributed by atoms with E-state index >= 15 is 0 Å². The summed E-state index contributed by atoms with van der Waals surface area (Å²) in [5.74, 6) is 0. The molecule has 3 rings (SSSR count). The van der Waals surface area contributed by atoms with Crippen molar-refractivity contribution >= 4 is 10.1 Å². The first-order valence-corrected chi connectivity index (χ1v) is 12.4. The van der Waals surface area contributed by atoms with Crippen LogP contribution in [0.15, 0.2) is 59.5 Å². The van der Waals surface area contributed by atoms with Crippen LogP contribution in [0.1, 0.15) is 42.5 Å². The molecule has 1 heterocycles. The lowest BCUT2D eigenvalue weighted by molar-refractivity contribution is -0.0989. The second-order valence-electron chi connectivity index (χ2n) is 9.26. The Bertz CT molecular complexity index is 1020. The van der Waals surface area contributed by atoms with Gasteiger partial charge in [-0.2, -0.15) is 8.42 Å². The third kappa shape index (κ3) is 6.29. The molecule has 0 spiro atoms. The molecule has 0 saturated carbocycles. The highest BCUT2D eigenvalue weighted by atomic mass is 32.2. The van der Waals surface area contributed by atoms with Crippen molar-refractivity contribution in [2.24, 2.45) is 5.41 Å². The molecule has 0 aromatic heterocycles. The second-order valence-corrected chi connectivity index (χ2v) is 10.8. The lowest BCUT2D eigenvalue weighted by Gasteiger charge is -2.37. The minimum absolute atomic E-state index is 0.0525. The minimum Gasteiger partial charge on any atom is -0.376 e. The Labute approximate surface area is 192 Å². The van der Waals surface area contributed by atoms with Crippen molar-refractivity contribution in [1.29, 1.82) is 0 Å². The Kier molecular flexibility index (Phi) is 7.93. The van der Waals surface area contributed by atoms with Crippen LogP contribution in [0.2, 0.25) is 0 Å². The Balaban J connectivity index is 1.57. The molecule has 0 saturated heterocycles. The Morgan fingerprint density at radius 3 is 2.38 bits per heavy atom. The van der Waals surface area contributed by atoms with Crippen LogP contribution in [-0.4, -0.2) is 33.8 Å². The number of hydrogen-bond acceptors (Lipinski definition) is 5. The van der Waals surface area contributed by atoms with E-state index in [2.05, 4.69) is 13.8 Å². The van der Waals surface area contributed by atoms with E-state index in [1.807, 2.05) is 61.5 Å². The zero-order valence-electron chi connectivity index (χ0n) is 19.6. The summed E-state index contributed by atoms with van der Waals surface area (Å²) >= 11 is 0. The summed E-state index contributed by atoms with van der Waals surface area (Å²) in [5.41, 5.74) is 3.30. The van der Waals surface area contributed by atoms with Crippen molar-refractivity contribution in [3.05, 3.63) is 76.9 Å². The minimum atomic E-state index is -3.87. The molecule has 5 nitrogen and oxygen atoms in total. The van der Waals surface area contributed by atoms with Crippen molar-refractivity contribution in [1.82, 2.24) is 0 Å². The summed E-state index contributed by atoms with van der Waals surface area (Å²) in [6, 6.07) is 13.8. The largest absolute Gasteiger partial charge is 0.376 e. The Hall–Kier alpha value is -1.99. The fourth-order valence-corrected chi connectivity index (χ4v) is 5.48. The number of rotatable bonds is 9. The number of aryl methyl sites for hydroxylation is 3. The molecule has 174 valence electrons. The maximum absolute atomic E-state index is 12.9. The van der Waals surface area contributed by atoms with Crippen LogP contribution in [-0.2, 0) is 30.4 Å². The fraction of sp³-hybridized carbons (Fsp3) is 0.462. The van der Waals surface area contributed by atoms with Gasteiger partial charge in [-0.15, -0.1) is 0 Å². The molecule has 2 aromatic carbocycles. The van der Waals surface area contributed by atoms with Crippen molar-refractivity contribution in [3.8, 4) is 0 Å². The van der Waals surface area contributed by atoms with Crippen molar-refractivity contribution in [2.45, 2.75) is 64.7 Å². The normalized spacial score (nSPS) is 19.3. The molecule has 2 aromatic rings. The van der Waals surface area contributed by atoms with E-state index in [9.17, 15) is 8.42 Å². The molecule has 2 atom stereocenters. The third-order valence-electron chi connectivity index (χ3n) is 5.74. The monoisotopic (exact) mass is 458 g/mol. The van der Waals surface area contributed by atoms with E-state index < -0.39 is 16.2 Å². The highest BCUT2D eigenvalue weighted by Crippen LogP contribution is 2.31. The smallest absolute Gasteiger partial charge is 0.297 e. The van der Waals surface area contributed by atoms with Gasteiger partial charge in [-0.1, -0.05) is 74.0 Å². The van der Waals surface area contributed by atoms with Gasteiger partial charge >= 0.3 is 0 Å². The van der Waals surface area contributed by atoms with Crippen LogP contribution < -0.4 is 0 Å². The van der Waals surface area contributed by atoms with Gasteiger partial charge in [0.25, 0.3) is 10.1 Å².